The summed E-state index contributed by atoms with van der Waals surface area (Å²) in [4.78, 5) is 11.9. The van der Waals surface area contributed by atoms with Gasteiger partial charge in [0.05, 0.1) is 18.8 Å². The van der Waals surface area contributed by atoms with E-state index in [1.165, 1.54) is 6.92 Å². The number of Topliss-reactive ketones (excluding diaryl/α,β-unsaturated/α-hetero) is 1. The number of benzene rings is 1. The fourth-order valence-corrected chi connectivity index (χ4v) is 1.94. The first kappa shape index (κ1) is 13.1. The zero-order chi connectivity index (χ0) is 13.1. The van der Waals surface area contributed by atoms with Crippen molar-refractivity contribution in [3.05, 3.63) is 34.9 Å². The van der Waals surface area contributed by atoms with Crippen LogP contribution < -0.4 is 5.32 Å². The van der Waals surface area contributed by atoms with E-state index >= 15 is 0 Å². The van der Waals surface area contributed by atoms with Crippen LogP contribution in [0.1, 0.15) is 22.3 Å². The summed E-state index contributed by atoms with van der Waals surface area (Å²) in [5.74, 6) is -1.64. The van der Waals surface area contributed by atoms with Crippen molar-refractivity contribution in [2.45, 2.75) is 19.4 Å². The lowest BCUT2D eigenvalue weighted by Gasteiger charge is -2.23. The summed E-state index contributed by atoms with van der Waals surface area (Å²) in [6, 6.07) is 1.89. The minimum absolute atomic E-state index is 0.111. The quantitative estimate of drug-likeness (QED) is 0.837. The van der Waals surface area contributed by atoms with Gasteiger partial charge in [-0.2, -0.15) is 0 Å². The van der Waals surface area contributed by atoms with Crippen LogP contribution in [0.3, 0.4) is 0 Å². The van der Waals surface area contributed by atoms with Gasteiger partial charge in [0, 0.05) is 19.0 Å². The van der Waals surface area contributed by atoms with Crippen LogP contribution in [0.25, 0.3) is 0 Å². The Labute approximate surface area is 104 Å². The zero-order valence-corrected chi connectivity index (χ0v) is 10.1. The van der Waals surface area contributed by atoms with Gasteiger partial charge in [0.2, 0.25) is 0 Å². The van der Waals surface area contributed by atoms with Crippen molar-refractivity contribution in [2.24, 2.45) is 0 Å². The van der Waals surface area contributed by atoms with Crippen molar-refractivity contribution in [3.63, 3.8) is 0 Å². The first-order valence-electron chi connectivity index (χ1n) is 5.88. The summed E-state index contributed by atoms with van der Waals surface area (Å²) in [5.41, 5.74) is 0.00801. The molecule has 5 heteroatoms. The minimum Gasteiger partial charge on any atom is -0.378 e. The lowest BCUT2D eigenvalue weighted by Crippen LogP contribution is -2.42. The molecule has 1 aliphatic rings. The summed E-state index contributed by atoms with van der Waals surface area (Å²) >= 11 is 0. The number of ether oxygens (including phenoxy) is 1. The summed E-state index contributed by atoms with van der Waals surface area (Å²) < 4.78 is 32.1. The second-order valence-electron chi connectivity index (χ2n) is 4.43. The highest BCUT2D eigenvalue weighted by Gasteiger charge is 2.21. The Balaban J connectivity index is 2.10. The van der Waals surface area contributed by atoms with Crippen LogP contribution in [-0.4, -0.2) is 31.6 Å². The molecule has 2 rings (SSSR count). The number of carbonyl (C=O) groups is 1. The van der Waals surface area contributed by atoms with Gasteiger partial charge in [-0.25, -0.2) is 8.78 Å². The maximum atomic E-state index is 13.6. The smallest absolute Gasteiger partial charge is 0.167 e. The molecule has 1 aromatic rings. The molecule has 98 valence electrons. The minimum atomic E-state index is -0.671. The third-order valence-electron chi connectivity index (χ3n) is 2.98. The van der Waals surface area contributed by atoms with Crippen molar-refractivity contribution in [1.29, 1.82) is 0 Å². The van der Waals surface area contributed by atoms with Crippen LogP contribution in [-0.2, 0) is 4.74 Å². The van der Waals surface area contributed by atoms with Crippen LogP contribution >= 0.6 is 0 Å². The highest BCUT2D eigenvalue weighted by Crippen LogP contribution is 2.17. The number of aryl methyl sites for hydroxylation is 1. The van der Waals surface area contributed by atoms with E-state index < -0.39 is 17.4 Å². The largest absolute Gasteiger partial charge is 0.378 e. The number of halogens is 2. The number of nitrogens with one attached hydrogen (secondary N) is 1. The third-order valence-corrected chi connectivity index (χ3v) is 2.98. The number of morpholine rings is 1. The monoisotopic (exact) mass is 255 g/mol. The molecule has 1 fully saturated rings. The Hall–Kier alpha value is -1.33. The number of hydrogen-bond donors (Lipinski definition) is 1. The molecule has 1 unspecified atom stereocenters. The van der Waals surface area contributed by atoms with E-state index in [4.69, 9.17) is 4.74 Å². The molecule has 3 nitrogen and oxygen atoms in total. The SMILES string of the molecule is Cc1cc(F)c(C(=O)CC2COCCN2)cc1F. The Morgan fingerprint density at radius 1 is 1.44 bits per heavy atom. The molecule has 0 saturated carbocycles. The molecule has 18 heavy (non-hydrogen) atoms. The van der Waals surface area contributed by atoms with Gasteiger partial charge in [-0.3, -0.25) is 4.79 Å². The molecule has 0 amide bonds. The van der Waals surface area contributed by atoms with Gasteiger partial charge >= 0.3 is 0 Å². The van der Waals surface area contributed by atoms with Crippen LogP contribution in [0.5, 0.6) is 0 Å². The molecule has 1 saturated heterocycles. The van der Waals surface area contributed by atoms with E-state index in [-0.39, 0.29) is 23.6 Å². The molecule has 1 heterocycles. The molecule has 0 radical (unpaired) electrons. The van der Waals surface area contributed by atoms with Gasteiger partial charge < -0.3 is 10.1 Å². The van der Waals surface area contributed by atoms with Gasteiger partial charge in [-0.1, -0.05) is 0 Å². The predicted molar refractivity (Wildman–Crippen MR) is 62.7 cm³/mol. The fourth-order valence-electron chi connectivity index (χ4n) is 1.94. The molecule has 1 aromatic carbocycles. The average Bonchev–Trinajstić information content (AvgIpc) is 2.35. The van der Waals surface area contributed by atoms with Crippen LogP contribution in [0.15, 0.2) is 12.1 Å². The lowest BCUT2D eigenvalue weighted by atomic mass is 10.0. The molecule has 0 aromatic heterocycles. The van der Waals surface area contributed by atoms with Crippen LogP contribution in [0, 0.1) is 18.6 Å². The van der Waals surface area contributed by atoms with Crippen LogP contribution in [0.4, 0.5) is 8.78 Å². The molecule has 1 N–H and O–H groups in total. The van der Waals surface area contributed by atoms with E-state index in [2.05, 4.69) is 5.32 Å². The molecular formula is C13H15F2NO2. The second-order valence-corrected chi connectivity index (χ2v) is 4.43. The summed E-state index contributed by atoms with van der Waals surface area (Å²) in [5, 5.41) is 3.10. The summed E-state index contributed by atoms with van der Waals surface area (Å²) in [6.45, 7) is 3.16. The predicted octanol–water partition coefficient (Wildman–Crippen LogP) is 1.83. The van der Waals surface area contributed by atoms with Crippen molar-refractivity contribution in [3.8, 4) is 0 Å². The first-order chi connectivity index (χ1) is 8.58. The molecule has 0 spiro atoms. The summed E-state index contributed by atoms with van der Waals surface area (Å²) in [6.07, 6.45) is 0.111. The normalized spacial score (nSPS) is 19.8. The Morgan fingerprint density at radius 2 is 2.22 bits per heavy atom. The second kappa shape index (κ2) is 5.54. The molecular weight excluding hydrogens is 240 g/mol. The Morgan fingerprint density at radius 3 is 2.89 bits per heavy atom. The zero-order valence-electron chi connectivity index (χ0n) is 10.1. The van der Waals surface area contributed by atoms with E-state index in [0.717, 1.165) is 12.1 Å². The van der Waals surface area contributed by atoms with Crippen LogP contribution in [0.2, 0.25) is 0 Å². The van der Waals surface area contributed by atoms with Crippen molar-refractivity contribution in [2.75, 3.05) is 19.8 Å². The topological polar surface area (TPSA) is 38.3 Å². The fraction of sp³-hybridized carbons (Fsp3) is 0.462. The van der Waals surface area contributed by atoms with E-state index in [0.29, 0.717) is 19.8 Å². The highest BCUT2D eigenvalue weighted by molar-refractivity contribution is 5.96. The number of hydrogen-bond acceptors (Lipinski definition) is 3. The van der Waals surface area contributed by atoms with Gasteiger partial charge in [0.25, 0.3) is 0 Å². The highest BCUT2D eigenvalue weighted by atomic mass is 19.1. The molecule has 1 atom stereocenters. The maximum absolute atomic E-state index is 13.6. The molecule has 1 aliphatic heterocycles. The van der Waals surface area contributed by atoms with Crippen molar-refractivity contribution in [1.82, 2.24) is 5.32 Å². The Kier molecular flexibility index (Phi) is 4.04. The summed E-state index contributed by atoms with van der Waals surface area (Å²) in [7, 11) is 0. The number of ketones is 1. The van der Waals surface area contributed by atoms with Gasteiger partial charge in [-0.05, 0) is 24.6 Å². The van der Waals surface area contributed by atoms with Gasteiger partial charge in [0.1, 0.15) is 11.6 Å². The Bertz CT molecular complexity index is 457. The average molecular weight is 255 g/mol. The number of carbonyl (C=O) groups excluding carboxylic acids is 1. The molecule has 0 aliphatic carbocycles. The van der Waals surface area contributed by atoms with E-state index in [9.17, 15) is 13.6 Å². The first-order valence-corrected chi connectivity index (χ1v) is 5.88. The van der Waals surface area contributed by atoms with Crippen molar-refractivity contribution >= 4 is 5.78 Å². The third kappa shape index (κ3) is 2.91. The van der Waals surface area contributed by atoms with E-state index in [1.54, 1.807) is 0 Å². The van der Waals surface area contributed by atoms with Gasteiger partial charge in [0.15, 0.2) is 5.78 Å². The standard InChI is InChI=1S/C13H15F2NO2/c1-8-4-12(15)10(6-11(8)14)13(17)5-9-7-18-3-2-16-9/h4,6,9,16H,2-3,5,7H2,1H3. The maximum Gasteiger partial charge on any atom is 0.167 e. The molecule has 0 bridgehead atoms. The van der Waals surface area contributed by atoms with Crippen molar-refractivity contribution < 1.29 is 18.3 Å². The van der Waals surface area contributed by atoms with E-state index in [1.807, 2.05) is 0 Å². The lowest BCUT2D eigenvalue weighted by molar-refractivity contribution is 0.0674. The number of rotatable bonds is 3. The van der Waals surface area contributed by atoms with Gasteiger partial charge in [-0.15, -0.1) is 0 Å².